The number of benzene rings is 2. The van der Waals surface area contributed by atoms with Crippen LogP contribution in [0.4, 0.5) is 5.69 Å². The van der Waals surface area contributed by atoms with Crippen molar-refractivity contribution in [3.8, 4) is 17.0 Å². The first-order chi connectivity index (χ1) is 9.81. The molecule has 3 rings (SSSR count). The number of H-pyrrole nitrogens is 1. The third-order valence-electron chi connectivity index (χ3n) is 2.97. The van der Waals surface area contributed by atoms with Gasteiger partial charge in [-0.2, -0.15) is 5.10 Å². The van der Waals surface area contributed by atoms with Gasteiger partial charge in [0.2, 0.25) is 0 Å². The van der Waals surface area contributed by atoms with Crippen molar-refractivity contribution in [2.75, 3.05) is 5.73 Å². The van der Waals surface area contributed by atoms with Gasteiger partial charge in [0, 0.05) is 11.3 Å². The minimum atomic E-state index is 0.464. The molecular weight excluding hydrogens is 250 g/mol. The van der Waals surface area contributed by atoms with Crippen LogP contribution in [-0.4, -0.2) is 10.2 Å². The Balaban J connectivity index is 1.69. The SMILES string of the molecule is Nc1ccc(-c2cc(COc3ccccc3)[nH]n2)cc1. The monoisotopic (exact) mass is 265 g/mol. The number of nitrogens with two attached hydrogens (primary N) is 1. The van der Waals surface area contributed by atoms with Crippen LogP contribution in [0.2, 0.25) is 0 Å². The zero-order valence-electron chi connectivity index (χ0n) is 10.9. The lowest BCUT2D eigenvalue weighted by atomic mass is 10.1. The fourth-order valence-corrected chi connectivity index (χ4v) is 1.92. The van der Waals surface area contributed by atoms with E-state index in [9.17, 15) is 0 Å². The first-order valence-corrected chi connectivity index (χ1v) is 6.39. The third kappa shape index (κ3) is 2.80. The molecule has 0 saturated heterocycles. The molecule has 0 aliphatic carbocycles. The molecule has 0 amide bonds. The van der Waals surface area contributed by atoms with Crippen molar-refractivity contribution >= 4 is 5.69 Å². The molecule has 0 fully saturated rings. The highest BCUT2D eigenvalue weighted by Gasteiger charge is 2.04. The quantitative estimate of drug-likeness (QED) is 0.712. The van der Waals surface area contributed by atoms with Crippen LogP contribution in [-0.2, 0) is 6.61 Å². The summed E-state index contributed by atoms with van der Waals surface area (Å²) in [5, 5.41) is 7.27. The maximum atomic E-state index is 5.67. The van der Waals surface area contributed by atoms with E-state index in [1.54, 1.807) is 0 Å². The molecule has 0 saturated carbocycles. The highest BCUT2D eigenvalue weighted by molar-refractivity contribution is 5.61. The zero-order valence-corrected chi connectivity index (χ0v) is 10.9. The van der Waals surface area contributed by atoms with Crippen molar-refractivity contribution in [3.05, 3.63) is 66.4 Å². The molecule has 1 aromatic heterocycles. The Morgan fingerprint density at radius 3 is 2.50 bits per heavy atom. The molecule has 2 aromatic carbocycles. The van der Waals surface area contributed by atoms with Crippen LogP contribution >= 0.6 is 0 Å². The second kappa shape index (κ2) is 5.48. The van der Waals surface area contributed by atoms with Crippen molar-refractivity contribution in [1.82, 2.24) is 10.2 Å². The first-order valence-electron chi connectivity index (χ1n) is 6.39. The number of para-hydroxylation sites is 1. The molecule has 3 aromatic rings. The number of hydrogen-bond acceptors (Lipinski definition) is 3. The summed E-state index contributed by atoms with van der Waals surface area (Å²) < 4.78 is 5.67. The van der Waals surface area contributed by atoms with Gasteiger partial charge < -0.3 is 10.5 Å². The molecule has 0 radical (unpaired) electrons. The molecule has 0 bridgehead atoms. The van der Waals surface area contributed by atoms with Crippen molar-refractivity contribution < 1.29 is 4.74 Å². The zero-order chi connectivity index (χ0) is 13.8. The Morgan fingerprint density at radius 1 is 1.00 bits per heavy atom. The van der Waals surface area contributed by atoms with Crippen LogP contribution < -0.4 is 10.5 Å². The molecule has 1 heterocycles. The van der Waals surface area contributed by atoms with Crippen LogP contribution in [0, 0.1) is 0 Å². The van der Waals surface area contributed by atoms with Crippen LogP contribution in [0.1, 0.15) is 5.69 Å². The predicted octanol–water partition coefficient (Wildman–Crippen LogP) is 3.24. The first kappa shape index (κ1) is 12.3. The number of nitrogens with zero attached hydrogens (tertiary/aromatic N) is 1. The van der Waals surface area contributed by atoms with E-state index in [4.69, 9.17) is 10.5 Å². The highest BCUT2D eigenvalue weighted by Crippen LogP contribution is 2.19. The number of aromatic amines is 1. The standard InChI is InChI=1S/C16H15N3O/c17-13-8-6-12(7-9-13)16-10-14(18-19-16)11-20-15-4-2-1-3-5-15/h1-10H,11,17H2,(H,18,19). The Hall–Kier alpha value is -2.75. The van der Waals surface area contributed by atoms with Crippen LogP contribution in [0.15, 0.2) is 60.7 Å². The molecule has 0 unspecified atom stereocenters. The summed E-state index contributed by atoms with van der Waals surface area (Å²) >= 11 is 0. The van der Waals surface area contributed by atoms with Gasteiger partial charge in [0.25, 0.3) is 0 Å². The molecular formula is C16H15N3O. The second-order valence-electron chi connectivity index (χ2n) is 4.50. The summed E-state index contributed by atoms with van der Waals surface area (Å²) in [6, 6.07) is 19.3. The van der Waals surface area contributed by atoms with Gasteiger partial charge >= 0.3 is 0 Å². The van der Waals surface area contributed by atoms with Crippen LogP contribution in [0.3, 0.4) is 0 Å². The number of nitrogens with one attached hydrogen (secondary N) is 1. The molecule has 0 aliphatic heterocycles. The molecule has 4 nitrogen and oxygen atoms in total. The lowest BCUT2D eigenvalue weighted by Crippen LogP contribution is -1.95. The summed E-state index contributed by atoms with van der Waals surface area (Å²) in [6.45, 7) is 0.464. The summed E-state index contributed by atoms with van der Waals surface area (Å²) in [7, 11) is 0. The van der Waals surface area contributed by atoms with Gasteiger partial charge in [-0.1, -0.05) is 30.3 Å². The van der Waals surface area contributed by atoms with Gasteiger partial charge in [-0.25, -0.2) is 0 Å². The fourth-order valence-electron chi connectivity index (χ4n) is 1.92. The van der Waals surface area contributed by atoms with Gasteiger partial charge in [0.1, 0.15) is 12.4 Å². The normalized spacial score (nSPS) is 10.4. The molecule has 20 heavy (non-hydrogen) atoms. The molecule has 0 atom stereocenters. The van der Waals surface area contributed by atoms with Gasteiger partial charge in [-0.15, -0.1) is 0 Å². The van der Waals surface area contributed by atoms with E-state index in [0.717, 1.165) is 28.4 Å². The summed E-state index contributed by atoms with van der Waals surface area (Å²) in [5.41, 5.74) is 9.27. The number of nitrogen functional groups attached to an aromatic ring is 1. The lowest BCUT2D eigenvalue weighted by Gasteiger charge is -2.02. The van der Waals surface area contributed by atoms with Crippen molar-refractivity contribution in [3.63, 3.8) is 0 Å². The lowest BCUT2D eigenvalue weighted by molar-refractivity contribution is 0.301. The number of rotatable bonds is 4. The van der Waals surface area contributed by atoms with Crippen LogP contribution in [0.25, 0.3) is 11.3 Å². The van der Waals surface area contributed by atoms with E-state index in [1.807, 2.05) is 60.7 Å². The van der Waals surface area contributed by atoms with Crippen molar-refractivity contribution in [2.45, 2.75) is 6.61 Å². The van der Waals surface area contributed by atoms with Crippen molar-refractivity contribution in [2.24, 2.45) is 0 Å². The topological polar surface area (TPSA) is 63.9 Å². The highest BCUT2D eigenvalue weighted by atomic mass is 16.5. The molecule has 0 aliphatic rings. The Labute approximate surface area is 117 Å². The van der Waals surface area contributed by atoms with E-state index in [1.165, 1.54) is 0 Å². The number of aromatic nitrogens is 2. The molecule has 100 valence electrons. The minimum Gasteiger partial charge on any atom is -0.487 e. The van der Waals surface area contributed by atoms with E-state index in [2.05, 4.69) is 10.2 Å². The molecule has 4 heteroatoms. The minimum absolute atomic E-state index is 0.464. The Bertz CT molecular complexity index is 674. The Morgan fingerprint density at radius 2 is 1.75 bits per heavy atom. The van der Waals surface area contributed by atoms with E-state index < -0.39 is 0 Å². The maximum absolute atomic E-state index is 5.67. The number of ether oxygens (including phenoxy) is 1. The third-order valence-corrected chi connectivity index (χ3v) is 2.97. The number of hydrogen-bond donors (Lipinski definition) is 2. The molecule has 0 spiro atoms. The van der Waals surface area contributed by atoms with Crippen molar-refractivity contribution in [1.29, 1.82) is 0 Å². The van der Waals surface area contributed by atoms with E-state index >= 15 is 0 Å². The van der Waals surface area contributed by atoms with Gasteiger partial charge in [0.05, 0.1) is 11.4 Å². The van der Waals surface area contributed by atoms with Crippen LogP contribution in [0.5, 0.6) is 5.75 Å². The number of anilines is 1. The van der Waals surface area contributed by atoms with E-state index in [0.29, 0.717) is 6.61 Å². The summed E-state index contributed by atoms with van der Waals surface area (Å²) in [6.07, 6.45) is 0. The van der Waals surface area contributed by atoms with E-state index in [-0.39, 0.29) is 0 Å². The average molecular weight is 265 g/mol. The van der Waals surface area contributed by atoms with Gasteiger partial charge in [0.15, 0.2) is 0 Å². The summed E-state index contributed by atoms with van der Waals surface area (Å²) in [5.74, 6) is 0.844. The smallest absolute Gasteiger partial charge is 0.130 e. The Kier molecular flexibility index (Phi) is 3.37. The summed E-state index contributed by atoms with van der Waals surface area (Å²) in [4.78, 5) is 0. The van der Waals surface area contributed by atoms with Gasteiger partial charge in [-0.3, -0.25) is 5.10 Å². The fraction of sp³-hybridized carbons (Fsp3) is 0.0625. The largest absolute Gasteiger partial charge is 0.487 e. The second-order valence-corrected chi connectivity index (χ2v) is 4.50. The predicted molar refractivity (Wildman–Crippen MR) is 79.2 cm³/mol. The van der Waals surface area contributed by atoms with Gasteiger partial charge in [-0.05, 0) is 30.3 Å². The molecule has 3 N–H and O–H groups in total. The maximum Gasteiger partial charge on any atom is 0.130 e. The average Bonchev–Trinajstić information content (AvgIpc) is 2.96.